The van der Waals surface area contributed by atoms with Gasteiger partial charge in [0, 0.05) is 6.54 Å². The number of aliphatic carboxylic acids is 1. The summed E-state index contributed by atoms with van der Waals surface area (Å²) in [6, 6.07) is 5.85. The first kappa shape index (κ1) is 15.5. The molecule has 2 N–H and O–H groups in total. The Kier molecular flexibility index (Phi) is 5.78. The van der Waals surface area contributed by atoms with E-state index in [0.717, 1.165) is 6.42 Å². The number of carboxylic acid groups (broad SMARTS) is 1. The number of carbonyl (C=O) groups is 1. The van der Waals surface area contributed by atoms with Crippen molar-refractivity contribution in [2.45, 2.75) is 24.7 Å². The Balaban J connectivity index is 2.63. The number of benzene rings is 1. The van der Waals surface area contributed by atoms with Crippen LogP contribution in [-0.4, -0.2) is 32.6 Å². The highest BCUT2D eigenvalue weighted by Crippen LogP contribution is 2.16. The molecule has 0 aliphatic heterocycles. The van der Waals surface area contributed by atoms with Gasteiger partial charge in [0.15, 0.2) is 0 Å². The Morgan fingerprint density at radius 1 is 1.32 bits per heavy atom. The fourth-order valence-electron chi connectivity index (χ4n) is 1.29. The summed E-state index contributed by atoms with van der Waals surface area (Å²) in [6.07, 6.45) is 0.619. The molecule has 0 amide bonds. The minimum absolute atomic E-state index is 0.0511. The maximum atomic E-state index is 11.8. The van der Waals surface area contributed by atoms with Crippen molar-refractivity contribution in [2.24, 2.45) is 0 Å². The molecule has 0 fully saturated rings. The number of rotatable bonds is 8. The molecule has 0 aliphatic rings. The van der Waals surface area contributed by atoms with E-state index < -0.39 is 16.0 Å². The van der Waals surface area contributed by atoms with Crippen molar-refractivity contribution >= 4 is 16.0 Å². The molecule has 0 saturated heterocycles. The number of nitrogens with one attached hydrogen (secondary N) is 1. The van der Waals surface area contributed by atoms with E-state index in [9.17, 15) is 13.2 Å². The van der Waals surface area contributed by atoms with Crippen LogP contribution in [-0.2, 0) is 14.8 Å². The largest absolute Gasteiger partial charge is 0.493 e. The summed E-state index contributed by atoms with van der Waals surface area (Å²) in [5.41, 5.74) is 0. The summed E-state index contributed by atoms with van der Waals surface area (Å²) < 4.78 is 31.2. The second-order valence-corrected chi connectivity index (χ2v) is 5.63. The van der Waals surface area contributed by atoms with Gasteiger partial charge in [-0.25, -0.2) is 13.1 Å². The Morgan fingerprint density at radius 3 is 2.47 bits per heavy atom. The van der Waals surface area contributed by atoms with Gasteiger partial charge in [0.1, 0.15) is 5.75 Å². The number of hydrogen-bond donors (Lipinski definition) is 2. The number of hydrogen-bond acceptors (Lipinski definition) is 4. The molecule has 0 bridgehead atoms. The topological polar surface area (TPSA) is 92.7 Å². The van der Waals surface area contributed by atoms with E-state index in [2.05, 4.69) is 4.72 Å². The summed E-state index contributed by atoms with van der Waals surface area (Å²) >= 11 is 0. The van der Waals surface area contributed by atoms with Crippen molar-refractivity contribution in [3.05, 3.63) is 24.3 Å². The van der Waals surface area contributed by atoms with Crippen LogP contribution in [0.2, 0.25) is 0 Å². The van der Waals surface area contributed by atoms with Gasteiger partial charge in [0.2, 0.25) is 10.0 Å². The zero-order valence-electron chi connectivity index (χ0n) is 10.6. The van der Waals surface area contributed by atoms with E-state index in [-0.39, 0.29) is 17.9 Å². The lowest BCUT2D eigenvalue weighted by Crippen LogP contribution is -2.24. The normalized spacial score (nSPS) is 11.2. The van der Waals surface area contributed by atoms with Crippen LogP contribution >= 0.6 is 0 Å². The molecule has 6 nitrogen and oxygen atoms in total. The lowest BCUT2D eigenvalue weighted by Gasteiger charge is -2.07. The second kappa shape index (κ2) is 7.10. The van der Waals surface area contributed by atoms with Gasteiger partial charge in [-0.1, -0.05) is 6.92 Å². The van der Waals surface area contributed by atoms with Crippen molar-refractivity contribution in [1.82, 2.24) is 4.72 Å². The van der Waals surface area contributed by atoms with Crippen molar-refractivity contribution in [1.29, 1.82) is 0 Å². The van der Waals surface area contributed by atoms with Gasteiger partial charge < -0.3 is 9.84 Å². The standard InChI is InChI=1S/C12H17NO5S/c1-2-8-13-19(16,17)11-5-3-10(4-6-11)18-9-7-12(14)15/h3-6,13H,2,7-9H2,1H3,(H,14,15). The summed E-state index contributed by atoms with van der Waals surface area (Å²) in [5, 5.41) is 8.46. The number of ether oxygens (including phenoxy) is 1. The first-order valence-electron chi connectivity index (χ1n) is 5.90. The van der Waals surface area contributed by atoms with E-state index in [1.807, 2.05) is 6.92 Å². The Bertz CT molecular complexity index is 509. The van der Waals surface area contributed by atoms with Gasteiger partial charge >= 0.3 is 5.97 Å². The molecule has 1 aromatic carbocycles. The van der Waals surface area contributed by atoms with E-state index in [1.165, 1.54) is 24.3 Å². The van der Waals surface area contributed by atoms with E-state index in [1.54, 1.807) is 0 Å². The lowest BCUT2D eigenvalue weighted by atomic mass is 10.3. The van der Waals surface area contributed by atoms with Gasteiger partial charge in [0.25, 0.3) is 0 Å². The quantitative estimate of drug-likeness (QED) is 0.750. The van der Waals surface area contributed by atoms with Gasteiger partial charge in [-0.3, -0.25) is 4.79 Å². The Morgan fingerprint density at radius 2 is 1.95 bits per heavy atom. The first-order chi connectivity index (χ1) is 8.95. The molecule has 0 aliphatic carbocycles. The summed E-state index contributed by atoms with van der Waals surface area (Å²) in [6.45, 7) is 2.32. The summed E-state index contributed by atoms with van der Waals surface area (Å²) in [7, 11) is -3.47. The molecular weight excluding hydrogens is 270 g/mol. The second-order valence-electron chi connectivity index (χ2n) is 3.86. The number of carboxylic acids is 1. The van der Waals surface area contributed by atoms with E-state index >= 15 is 0 Å². The highest BCUT2D eigenvalue weighted by Gasteiger charge is 2.12. The van der Waals surface area contributed by atoms with Crippen LogP contribution in [0.15, 0.2) is 29.2 Å². The molecule has 0 unspecified atom stereocenters. The van der Waals surface area contributed by atoms with Crippen molar-refractivity contribution < 1.29 is 23.1 Å². The zero-order valence-corrected chi connectivity index (χ0v) is 11.4. The molecule has 1 aromatic rings. The molecule has 0 saturated carbocycles. The smallest absolute Gasteiger partial charge is 0.306 e. The molecule has 0 radical (unpaired) electrons. The van der Waals surface area contributed by atoms with Crippen LogP contribution in [0.5, 0.6) is 5.75 Å². The van der Waals surface area contributed by atoms with E-state index in [0.29, 0.717) is 12.3 Å². The zero-order chi connectivity index (χ0) is 14.3. The molecule has 0 spiro atoms. The van der Waals surface area contributed by atoms with Crippen LogP contribution < -0.4 is 9.46 Å². The Hall–Kier alpha value is -1.60. The lowest BCUT2D eigenvalue weighted by molar-refractivity contribution is -0.137. The molecule has 0 atom stereocenters. The van der Waals surface area contributed by atoms with Gasteiger partial charge in [-0.05, 0) is 30.7 Å². The fourth-order valence-corrected chi connectivity index (χ4v) is 2.42. The molecule has 1 rings (SSSR count). The minimum atomic E-state index is -3.47. The van der Waals surface area contributed by atoms with Crippen molar-refractivity contribution in [3.63, 3.8) is 0 Å². The molecule has 106 valence electrons. The number of sulfonamides is 1. The van der Waals surface area contributed by atoms with Gasteiger partial charge in [-0.2, -0.15) is 0 Å². The molecule has 7 heteroatoms. The predicted molar refractivity (Wildman–Crippen MR) is 69.7 cm³/mol. The summed E-state index contributed by atoms with van der Waals surface area (Å²) in [4.78, 5) is 10.5. The third-order valence-corrected chi connectivity index (χ3v) is 3.74. The SMILES string of the molecule is CCCNS(=O)(=O)c1ccc(OCCC(=O)O)cc1. The highest BCUT2D eigenvalue weighted by molar-refractivity contribution is 7.89. The average Bonchev–Trinajstić information content (AvgIpc) is 2.37. The third-order valence-electron chi connectivity index (χ3n) is 2.26. The van der Waals surface area contributed by atoms with E-state index in [4.69, 9.17) is 9.84 Å². The van der Waals surface area contributed by atoms with Gasteiger partial charge in [-0.15, -0.1) is 0 Å². The monoisotopic (exact) mass is 287 g/mol. The maximum absolute atomic E-state index is 11.8. The van der Waals surface area contributed by atoms with Crippen molar-refractivity contribution in [3.8, 4) is 5.75 Å². The maximum Gasteiger partial charge on any atom is 0.306 e. The van der Waals surface area contributed by atoms with Gasteiger partial charge in [0.05, 0.1) is 17.9 Å². The highest BCUT2D eigenvalue weighted by atomic mass is 32.2. The fraction of sp³-hybridized carbons (Fsp3) is 0.417. The molecule has 19 heavy (non-hydrogen) atoms. The van der Waals surface area contributed by atoms with Crippen LogP contribution in [0.1, 0.15) is 19.8 Å². The molecular formula is C12H17NO5S. The first-order valence-corrected chi connectivity index (χ1v) is 7.38. The van der Waals surface area contributed by atoms with Crippen LogP contribution in [0.4, 0.5) is 0 Å². The minimum Gasteiger partial charge on any atom is -0.493 e. The molecule has 0 heterocycles. The summed E-state index contributed by atoms with van der Waals surface area (Å²) in [5.74, 6) is -0.501. The average molecular weight is 287 g/mol. The Labute approximate surface area is 112 Å². The third kappa shape index (κ3) is 5.27. The predicted octanol–water partition coefficient (Wildman–Crippen LogP) is 1.23. The molecule has 0 aromatic heterocycles. The van der Waals surface area contributed by atoms with Crippen molar-refractivity contribution in [2.75, 3.05) is 13.2 Å². The van der Waals surface area contributed by atoms with Crippen LogP contribution in [0, 0.1) is 0 Å². The van der Waals surface area contributed by atoms with Crippen LogP contribution in [0.3, 0.4) is 0 Å². The van der Waals surface area contributed by atoms with Crippen LogP contribution in [0.25, 0.3) is 0 Å².